The minimum Gasteiger partial charge on any atom is -0.385 e. The lowest BCUT2D eigenvalue weighted by Gasteiger charge is -2.25. The average Bonchev–Trinajstić information content (AvgIpc) is 2.36. The molecule has 0 unspecified atom stereocenters. The zero-order valence-corrected chi connectivity index (χ0v) is 14.0. The first-order valence-corrected chi connectivity index (χ1v) is 7.54. The van der Waals surface area contributed by atoms with Crippen molar-refractivity contribution in [2.24, 2.45) is 5.41 Å². The maximum Gasteiger partial charge on any atom is 0.0467 e. The lowest BCUT2D eigenvalue weighted by atomic mass is 9.86. The van der Waals surface area contributed by atoms with E-state index in [4.69, 9.17) is 4.74 Å². The zero-order valence-electron chi connectivity index (χ0n) is 14.0. The Bertz CT molecular complexity index is 387. The quantitative estimate of drug-likeness (QED) is 0.809. The third kappa shape index (κ3) is 6.06. The van der Waals surface area contributed by atoms with Crippen LogP contribution in [0.25, 0.3) is 0 Å². The van der Waals surface area contributed by atoms with Crippen molar-refractivity contribution in [1.82, 2.24) is 5.32 Å². The normalized spacial score (nSPS) is 12.7. The zero-order chi connectivity index (χ0) is 15.2. The molecule has 1 aromatic carbocycles. The molecular weight excluding hydrogens is 246 g/mol. The van der Waals surface area contributed by atoms with Crippen molar-refractivity contribution < 1.29 is 4.74 Å². The number of methoxy groups -OCH3 is 1. The van der Waals surface area contributed by atoms with Crippen LogP contribution in [0.5, 0.6) is 0 Å². The summed E-state index contributed by atoms with van der Waals surface area (Å²) in [6.07, 6.45) is 1.08. The summed E-state index contributed by atoms with van der Waals surface area (Å²) in [5, 5.41) is 3.55. The van der Waals surface area contributed by atoms with Gasteiger partial charge in [-0.25, -0.2) is 0 Å². The van der Waals surface area contributed by atoms with E-state index in [1.54, 1.807) is 7.11 Å². The Morgan fingerprint density at radius 1 is 1.00 bits per heavy atom. The second-order valence-electron chi connectivity index (χ2n) is 7.46. The third-order valence-corrected chi connectivity index (χ3v) is 3.74. The van der Waals surface area contributed by atoms with E-state index in [2.05, 4.69) is 64.2 Å². The van der Waals surface area contributed by atoms with Gasteiger partial charge in [-0.1, -0.05) is 58.9 Å². The van der Waals surface area contributed by atoms with Gasteiger partial charge in [0.2, 0.25) is 0 Å². The molecule has 0 aliphatic carbocycles. The predicted molar refractivity (Wildman–Crippen MR) is 87.1 cm³/mol. The summed E-state index contributed by atoms with van der Waals surface area (Å²) in [6.45, 7) is 14.1. The molecule has 1 rings (SSSR count). The molecule has 0 amide bonds. The molecule has 1 aromatic rings. The molecule has 1 N–H and O–H groups in total. The van der Waals surface area contributed by atoms with Gasteiger partial charge in [-0.05, 0) is 28.4 Å². The standard InChI is InChI=1S/C18H31NO/c1-17(2,3)16-9-7-15(8-10-16)13-19-14-18(4,5)11-12-20-6/h7-10,19H,11-14H2,1-6H3. The predicted octanol–water partition coefficient (Wildman–Crippen LogP) is 4.14. The summed E-state index contributed by atoms with van der Waals surface area (Å²) in [7, 11) is 1.76. The Balaban J connectivity index is 2.43. The monoisotopic (exact) mass is 277 g/mol. The van der Waals surface area contributed by atoms with Gasteiger partial charge in [0.05, 0.1) is 0 Å². The number of nitrogens with one attached hydrogen (secondary N) is 1. The number of hydrogen-bond acceptors (Lipinski definition) is 2. The molecule has 0 bridgehead atoms. The lowest BCUT2D eigenvalue weighted by Crippen LogP contribution is -2.30. The van der Waals surface area contributed by atoms with E-state index in [-0.39, 0.29) is 10.8 Å². The van der Waals surface area contributed by atoms with E-state index in [1.165, 1.54) is 11.1 Å². The van der Waals surface area contributed by atoms with E-state index < -0.39 is 0 Å². The molecule has 20 heavy (non-hydrogen) atoms. The van der Waals surface area contributed by atoms with E-state index >= 15 is 0 Å². The van der Waals surface area contributed by atoms with Crippen LogP contribution < -0.4 is 5.32 Å². The van der Waals surface area contributed by atoms with Crippen LogP contribution in [0, 0.1) is 5.41 Å². The second kappa shape index (κ2) is 7.24. The fourth-order valence-corrected chi connectivity index (χ4v) is 2.13. The van der Waals surface area contributed by atoms with Gasteiger partial charge >= 0.3 is 0 Å². The largest absolute Gasteiger partial charge is 0.385 e. The molecule has 0 aromatic heterocycles. The van der Waals surface area contributed by atoms with Crippen LogP contribution in [0.1, 0.15) is 52.2 Å². The summed E-state index contributed by atoms with van der Waals surface area (Å²) >= 11 is 0. The Kier molecular flexibility index (Phi) is 6.22. The highest BCUT2D eigenvalue weighted by Gasteiger charge is 2.17. The minimum atomic E-state index is 0.230. The van der Waals surface area contributed by atoms with Gasteiger partial charge in [-0.15, -0.1) is 0 Å². The van der Waals surface area contributed by atoms with Crippen LogP contribution in [0.4, 0.5) is 0 Å². The van der Waals surface area contributed by atoms with E-state index in [9.17, 15) is 0 Å². The number of rotatable bonds is 7. The van der Waals surface area contributed by atoms with Crippen LogP contribution in [0.3, 0.4) is 0 Å². The molecule has 114 valence electrons. The van der Waals surface area contributed by atoms with Gasteiger partial charge in [0.15, 0.2) is 0 Å². The lowest BCUT2D eigenvalue weighted by molar-refractivity contribution is 0.150. The number of ether oxygens (including phenoxy) is 1. The molecular formula is C18H31NO. The molecule has 0 saturated heterocycles. The van der Waals surface area contributed by atoms with Crippen molar-refractivity contribution >= 4 is 0 Å². The van der Waals surface area contributed by atoms with Gasteiger partial charge in [0.1, 0.15) is 0 Å². The maximum atomic E-state index is 5.16. The van der Waals surface area contributed by atoms with Crippen LogP contribution in [-0.4, -0.2) is 20.3 Å². The smallest absolute Gasteiger partial charge is 0.0467 e. The van der Waals surface area contributed by atoms with Crippen molar-refractivity contribution in [3.05, 3.63) is 35.4 Å². The Labute approximate surface area is 124 Å². The first-order chi connectivity index (χ1) is 9.24. The molecule has 0 atom stereocenters. The van der Waals surface area contributed by atoms with Gasteiger partial charge in [0.25, 0.3) is 0 Å². The van der Waals surface area contributed by atoms with E-state index in [1.807, 2.05) is 0 Å². The van der Waals surface area contributed by atoms with Crippen molar-refractivity contribution in [3.63, 3.8) is 0 Å². The summed E-state index contributed by atoms with van der Waals surface area (Å²) in [5.74, 6) is 0. The Morgan fingerprint density at radius 3 is 2.10 bits per heavy atom. The van der Waals surface area contributed by atoms with Crippen LogP contribution >= 0.6 is 0 Å². The summed E-state index contributed by atoms with van der Waals surface area (Å²) in [6, 6.07) is 8.95. The van der Waals surface area contributed by atoms with Gasteiger partial charge in [-0.3, -0.25) is 0 Å². The van der Waals surface area contributed by atoms with Crippen LogP contribution in [-0.2, 0) is 16.7 Å². The molecule has 0 spiro atoms. The molecule has 0 saturated carbocycles. The van der Waals surface area contributed by atoms with E-state index in [0.717, 1.165) is 26.1 Å². The molecule has 0 heterocycles. The molecule has 2 nitrogen and oxygen atoms in total. The third-order valence-electron chi connectivity index (χ3n) is 3.74. The van der Waals surface area contributed by atoms with Gasteiger partial charge < -0.3 is 10.1 Å². The average molecular weight is 277 g/mol. The first-order valence-electron chi connectivity index (χ1n) is 7.54. The van der Waals surface area contributed by atoms with Gasteiger partial charge in [0, 0.05) is 26.8 Å². The molecule has 2 heteroatoms. The van der Waals surface area contributed by atoms with Crippen molar-refractivity contribution in [2.45, 2.75) is 53.0 Å². The Hall–Kier alpha value is -0.860. The number of benzene rings is 1. The van der Waals surface area contributed by atoms with Gasteiger partial charge in [-0.2, -0.15) is 0 Å². The summed E-state index contributed by atoms with van der Waals surface area (Å²) < 4.78 is 5.16. The summed E-state index contributed by atoms with van der Waals surface area (Å²) in [4.78, 5) is 0. The van der Waals surface area contributed by atoms with E-state index in [0.29, 0.717) is 0 Å². The highest BCUT2D eigenvalue weighted by atomic mass is 16.5. The molecule has 0 aliphatic rings. The number of hydrogen-bond donors (Lipinski definition) is 1. The van der Waals surface area contributed by atoms with Crippen molar-refractivity contribution in [2.75, 3.05) is 20.3 Å². The highest BCUT2D eigenvalue weighted by Crippen LogP contribution is 2.22. The molecule has 0 fully saturated rings. The fourth-order valence-electron chi connectivity index (χ4n) is 2.13. The van der Waals surface area contributed by atoms with Crippen LogP contribution in [0.2, 0.25) is 0 Å². The molecule has 0 radical (unpaired) electrons. The molecule has 0 aliphatic heterocycles. The minimum absolute atomic E-state index is 0.230. The summed E-state index contributed by atoms with van der Waals surface area (Å²) in [5.41, 5.74) is 3.25. The second-order valence-corrected chi connectivity index (χ2v) is 7.46. The fraction of sp³-hybridized carbons (Fsp3) is 0.667. The highest BCUT2D eigenvalue weighted by molar-refractivity contribution is 5.27. The van der Waals surface area contributed by atoms with Crippen LogP contribution in [0.15, 0.2) is 24.3 Å². The first kappa shape index (κ1) is 17.2. The van der Waals surface area contributed by atoms with Crippen molar-refractivity contribution in [3.8, 4) is 0 Å². The topological polar surface area (TPSA) is 21.3 Å². The SMILES string of the molecule is COCCC(C)(C)CNCc1ccc(C(C)(C)C)cc1. The van der Waals surface area contributed by atoms with Crippen molar-refractivity contribution in [1.29, 1.82) is 0 Å². The Morgan fingerprint density at radius 2 is 1.60 bits per heavy atom. The maximum absolute atomic E-state index is 5.16.